The molecule has 0 unspecified atom stereocenters. The van der Waals surface area contributed by atoms with E-state index in [1.54, 1.807) is 0 Å². The van der Waals surface area contributed by atoms with Crippen molar-refractivity contribution in [3.05, 3.63) is 22.7 Å². The summed E-state index contributed by atoms with van der Waals surface area (Å²) >= 11 is 5.92. The van der Waals surface area contributed by atoms with Gasteiger partial charge in [-0.1, -0.05) is 17.7 Å². The number of alkyl halides is 3. The second-order valence-corrected chi connectivity index (χ2v) is 4.09. The largest absolute Gasteiger partial charge is 0.493 e. The van der Waals surface area contributed by atoms with Crippen molar-refractivity contribution >= 4 is 24.0 Å². The number of rotatable bonds is 4. The van der Waals surface area contributed by atoms with Crippen LogP contribution in [-0.4, -0.2) is 31.6 Å². The van der Waals surface area contributed by atoms with Crippen LogP contribution < -0.4 is 15.2 Å². The maximum absolute atomic E-state index is 12.4. The Labute approximate surface area is 125 Å². The lowest BCUT2D eigenvalue weighted by Crippen LogP contribution is -2.39. The van der Waals surface area contributed by atoms with Crippen molar-refractivity contribution in [3.63, 3.8) is 0 Å². The molecule has 1 aromatic carbocycles. The van der Waals surface area contributed by atoms with Gasteiger partial charge in [0.05, 0.1) is 25.3 Å². The Balaban J connectivity index is 0.00000361. The van der Waals surface area contributed by atoms with E-state index in [2.05, 4.69) is 0 Å². The van der Waals surface area contributed by atoms with Crippen LogP contribution in [0.25, 0.3) is 0 Å². The van der Waals surface area contributed by atoms with E-state index in [-0.39, 0.29) is 34.5 Å². The second-order valence-electron chi connectivity index (χ2n) is 3.72. The second kappa shape index (κ2) is 7.21. The van der Waals surface area contributed by atoms with E-state index < -0.39 is 18.3 Å². The minimum atomic E-state index is -4.84. The highest BCUT2D eigenvalue weighted by Crippen LogP contribution is 2.41. The van der Waals surface area contributed by atoms with Crippen molar-refractivity contribution in [2.45, 2.75) is 18.3 Å². The van der Waals surface area contributed by atoms with Gasteiger partial charge in [-0.05, 0) is 11.6 Å². The van der Waals surface area contributed by atoms with Gasteiger partial charge in [0.15, 0.2) is 17.6 Å². The van der Waals surface area contributed by atoms with E-state index in [9.17, 15) is 13.2 Å². The zero-order valence-electron chi connectivity index (χ0n) is 10.6. The van der Waals surface area contributed by atoms with Crippen LogP contribution in [-0.2, 0) is 0 Å². The summed E-state index contributed by atoms with van der Waals surface area (Å²) in [4.78, 5) is 0. The smallest absolute Gasteiger partial charge is 0.416 e. The Morgan fingerprint density at radius 1 is 1.25 bits per heavy atom. The molecule has 0 heterocycles. The molecule has 0 amide bonds. The average molecular weight is 336 g/mol. The molecule has 4 nitrogen and oxygen atoms in total. The zero-order chi connectivity index (χ0) is 14.8. The van der Waals surface area contributed by atoms with Crippen LogP contribution in [0.2, 0.25) is 5.02 Å². The number of ether oxygens (including phenoxy) is 2. The Hall–Kier alpha value is -0.890. The number of nitrogens with two attached hydrogens (primary N) is 1. The number of aliphatic hydroxyl groups excluding tert-OH is 1. The molecule has 3 N–H and O–H groups in total. The summed E-state index contributed by atoms with van der Waals surface area (Å²) < 4.78 is 47.1. The molecule has 116 valence electrons. The third-order valence-electron chi connectivity index (χ3n) is 2.55. The number of benzene rings is 1. The fourth-order valence-electron chi connectivity index (χ4n) is 1.54. The average Bonchev–Trinajstić information content (AvgIpc) is 2.35. The van der Waals surface area contributed by atoms with Gasteiger partial charge in [0, 0.05) is 0 Å². The fourth-order valence-corrected chi connectivity index (χ4v) is 1.89. The molecular formula is C11H14Cl2F3NO3. The van der Waals surface area contributed by atoms with Gasteiger partial charge in [0.25, 0.3) is 0 Å². The minimum absolute atomic E-state index is 0. The molecule has 0 bridgehead atoms. The highest BCUT2D eigenvalue weighted by Gasteiger charge is 2.43. The Morgan fingerprint density at radius 3 is 2.20 bits per heavy atom. The first kappa shape index (κ1) is 19.1. The fraction of sp³-hybridized carbons (Fsp3) is 0.455. The van der Waals surface area contributed by atoms with Crippen molar-refractivity contribution in [1.29, 1.82) is 0 Å². The molecule has 0 aliphatic heterocycles. The Kier molecular flexibility index (Phi) is 6.89. The molecule has 0 aliphatic rings. The summed E-state index contributed by atoms with van der Waals surface area (Å²) in [5, 5.41) is 9.01. The van der Waals surface area contributed by atoms with E-state index in [1.165, 1.54) is 26.4 Å². The Morgan fingerprint density at radius 2 is 1.80 bits per heavy atom. The minimum Gasteiger partial charge on any atom is -0.493 e. The number of methoxy groups -OCH3 is 2. The molecular weight excluding hydrogens is 322 g/mol. The maximum atomic E-state index is 12.4. The standard InChI is InChI=1S/C11H13ClF3NO3.ClH/c1-18-6-4-3-5(7(12)9(6)19-2)8(16)10(17)11(13,14)15;/h3-4,8,10,17H,16H2,1-2H3;1H/t8-,10-;/m0./s1. The zero-order valence-corrected chi connectivity index (χ0v) is 12.1. The molecule has 0 spiro atoms. The van der Waals surface area contributed by atoms with Crippen molar-refractivity contribution < 1.29 is 27.8 Å². The maximum Gasteiger partial charge on any atom is 0.416 e. The number of aliphatic hydroxyl groups is 1. The van der Waals surface area contributed by atoms with Crippen LogP contribution >= 0.6 is 24.0 Å². The number of halogens is 5. The van der Waals surface area contributed by atoms with Crippen molar-refractivity contribution in [1.82, 2.24) is 0 Å². The lowest BCUT2D eigenvalue weighted by Gasteiger charge is -2.23. The van der Waals surface area contributed by atoms with Gasteiger partial charge in [0.1, 0.15) is 0 Å². The molecule has 2 atom stereocenters. The molecule has 0 radical (unpaired) electrons. The first-order chi connectivity index (χ1) is 8.73. The summed E-state index contributed by atoms with van der Waals surface area (Å²) in [6.45, 7) is 0. The summed E-state index contributed by atoms with van der Waals surface area (Å²) in [5.41, 5.74) is 5.31. The number of hydrogen-bond acceptors (Lipinski definition) is 4. The van der Waals surface area contributed by atoms with Gasteiger partial charge in [-0.2, -0.15) is 13.2 Å². The molecule has 0 saturated carbocycles. The lowest BCUT2D eigenvalue weighted by molar-refractivity contribution is -0.210. The van der Waals surface area contributed by atoms with Crippen LogP contribution in [0.4, 0.5) is 13.2 Å². The van der Waals surface area contributed by atoms with Gasteiger partial charge in [-0.3, -0.25) is 0 Å². The molecule has 1 rings (SSSR count). The monoisotopic (exact) mass is 335 g/mol. The van der Waals surface area contributed by atoms with E-state index in [4.69, 9.17) is 31.9 Å². The predicted molar refractivity (Wildman–Crippen MR) is 70.8 cm³/mol. The summed E-state index contributed by atoms with van der Waals surface area (Å²) in [5.74, 6) is 0.316. The van der Waals surface area contributed by atoms with Crippen LogP contribution in [0.15, 0.2) is 12.1 Å². The SMILES string of the molecule is COc1ccc([C@H](N)[C@H](O)C(F)(F)F)c(Cl)c1OC.Cl. The third-order valence-corrected chi connectivity index (χ3v) is 2.94. The molecule has 0 fully saturated rings. The van der Waals surface area contributed by atoms with Gasteiger partial charge in [-0.25, -0.2) is 0 Å². The third kappa shape index (κ3) is 3.82. The van der Waals surface area contributed by atoms with E-state index in [0.29, 0.717) is 0 Å². The lowest BCUT2D eigenvalue weighted by atomic mass is 10.0. The van der Waals surface area contributed by atoms with E-state index >= 15 is 0 Å². The van der Waals surface area contributed by atoms with Crippen LogP contribution in [0.3, 0.4) is 0 Å². The van der Waals surface area contributed by atoms with Gasteiger partial charge >= 0.3 is 6.18 Å². The van der Waals surface area contributed by atoms with Crippen molar-refractivity contribution in [3.8, 4) is 11.5 Å². The van der Waals surface area contributed by atoms with Crippen LogP contribution in [0.5, 0.6) is 11.5 Å². The summed E-state index contributed by atoms with van der Waals surface area (Å²) in [6.07, 6.45) is -7.56. The van der Waals surface area contributed by atoms with E-state index in [0.717, 1.165) is 0 Å². The molecule has 1 aromatic rings. The predicted octanol–water partition coefficient (Wildman–Crippen LogP) is 2.70. The summed E-state index contributed by atoms with van der Waals surface area (Å²) in [6, 6.07) is 0.902. The molecule has 20 heavy (non-hydrogen) atoms. The quantitative estimate of drug-likeness (QED) is 0.887. The van der Waals surface area contributed by atoms with Gasteiger partial charge < -0.3 is 20.3 Å². The number of hydrogen-bond donors (Lipinski definition) is 2. The normalized spacial score (nSPS) is 14.2. The van der Waals surface area contributed by atoms with E-state index in [1.807, 2.05) is 0 Å². The Bertz CT molecular complexity index is 457. The molecule has 0 aliphatic carbocycles. The molecule has 0 aromatic heterocycles. The first-order valence-electron chi connectivity index (χ1n) is 5.14. The van der Waals surface area contributed by atoms with Crippen molar-refractivity contribution in [2.75, 3.05) is 14.2 Å². The van der Waals surface area contributed by atoms with Gasteiger partial charge in [0.2, 0.25) is 0 Å². The highest BCUT2D eigenvalue weighted by atomic mass is 35.5. The van der Waals surface area contributed by atoms with Gasteiger partial charge in [-0.15, -0.1) is 12.4 Å². The van der Waals surface area contributed by atoms with Crippen LogP contribution in [0.1, 0.15) is 11.6 Å². The highest BCUT2D eigenvalue weighted by molar-refractivity contribution is 6.33. The summed E-state index contributed by atoms with van der Waals surface area (Å²) in [7, 11) is 2.65. The van der Waals surface area contributed by atoms with Crippen LogP contribution in [0, 0.1) is 0 Å². The topological polar surface area (TPSA) is 64.7 Å². The molecule has 9 heteroatoms. The first-order valence-corrected chi connectivity index (χ1v) is 5.52. The molecule has 0 saturated heterocycles. The van der Waals surface area contributed by atoms with Crippen molar-refractivity contribution in [2.24, 2.45) is 5.73 Å².